The van der Waals surface area contributed by atoms with Crippen molar-refractivity contribution in [3.05, 3.63) is 28.8 Å². The Morgan fingerprint density at radius 2 is 2.31 bits per heavy atom. The molecule has 0 amide bonds. The molecule has 0 bridgehead atoms. The van der Waals surface area contributed by atoms with Crippen molar-refractivity contribution in [1.29, 1.82) is 0 Å². The molecular weight excluding hydrogens is 230 g/mol. The number of hydrogen-bond donors (Lipinski definition) is 2. The van der Waals surface area contributed by atoms with E-state index in [1.54, 1.807) is 12.1 Å². The number of esters is 1. The quantitative estimate of drug-likeness (QED) is 0.789. The first-order valence-corrected chi connectivity index (χ1v) is 5.21. The third-order valence-corrected chi connectivity index (χ3v) is 2.59. The van der Waals surface area contributed by atoms with Gasteiger partial charge in [0.05, 0.1) is 13.5 Å². The van der Waals surface area contributed by atoms with E-state index in [2.05, 4.69) is 4.74 Å². The number of benzene rings is 1. The molecular formula is C11H14ClNO3. The van der Waals surface area contributed by atoms with Crippen molar-refractivity contribution in [1.82, 2.24) is 0 Å². The lowest BCUT2D eigenvalue weighted by Crippen LogP contribution is -2.17. The number of ether oxygens (including phenoxy) is 1. The first-order chi connectivity index (χ1) is 7.58. The monoisotopic (exact) mass is 243 g/mol. The third kappa shape index (κ3) is 3.12. The first-order valence-electron chi connectivity index (χ1n) is 4.83. The predicted molar refractivity (Wildman–Crippen MR) is 61.5 cm³/mol. The summed E-state index contributed by atoms with van der Waals surface area (Å²) in [6.45, 7) is 0.254. The Morgan fingerprint density at radius 3 is 2.81 bits per heavy atom. The van der Waals surface area contributed by atoms with Gasteiger partial charge in [-0.25, -0.2) is 0 Å². The molecule has 0 saturated heterocycles. The molecule has 5 heteroatoms. The van der Waals surface area contributed by atoms with Crippen molar-refractivity contribution in [3.63, 3.8) is 0 Å². The van der Waals surface area contributed by atoms with E-state index in [0.717, 1.165) is 0 Å². The van der Waals surface area contributed by atoms with Crippen LogP contribution in [0.15, 0.2) is 18.2 Å². The van der Waals surface area contributed by atoms with Crippen LogP contribution in [-0.4, -0.2) is 24.7 Å². The molecule has 88 valence electrons. The van der Waals surface area contributed by atoms with E-state index >= 15 is 0 Å². The van der Waals surface area contributed by atoms with Crippen LogP contribution in [0.2, 0.25) is 5.02 Å². The molecule has 0 aliphatic heterocycles. The number of halogens is 1. The summed E-state index contributed by atoms with van der Waals surface area (Å²) in [7, 11) is 1.32. The van der Waals surface area contributed by atoms with Crippen LogP contribution in [0.4, 0.5) is 0 Å². The number of methoxy groups -OCH3 is 1. The normalized spacial score (nSPS) is 12.2. The van der Waals surface area contributed by atoms with Crippen molar-refractivity contribution in [2.45, 2.75) is 12.3 Å². The van der Waals surface area contributed by atoms with Crippen LogP contribution in [0.3, 0.4) is 0 Å². The number of phenolic OH excluding ortho intramolecular Hbond substituents is 1. The SMILES string of the molecule is COC(=O)CC(CN)c1ccc(Cl)cc1O. The summed E-state index contributed by atoms with van der Waals surface area (Å²) in [4.78, 5) is 11.1. The molecule has 1 aromatic rings. The van der Waals surface area contributed by atoms with Crippen LogP contribution < -0.4 is 5.73 Å². The topological polar surface area (TPSA) is 72.5 Å². The van der Waals surface area contributed by atoms with Gasteiger partial charge >= 0.3 is 5.97 Å². The highest BCUT2D eigenvalue weighted by atomic mass is 35.5. The number of rotatable bonds is 4. The molecule has 4 nitrogen and oxygen atoms in total. The number of hydrogen-bond acceptors (Lipinski definition) is 4. The molecule has 0 heterocycles. The van der Waals surface area contributed by atoms with Gasteiger partial charge in [0, 0.05) is 10.9 Å². The summed E-state index contributed by atoms with van der Waals surface area (Å²) in [5.74, 6) is -0.568. The first kappa shape index (κ1) is 12.8. The molecule has 0 fully saturated rings. The van der Waals surface area contributed by atoms with Crippen LogP contribution >= 0.6 is 11.6 Å². The van der Waals surface area contributed by atoms with Gasteiger partial charge in [-0.3, -0.25) is 4.79 Å². The number of phenols is 1. The van der Waals surface area contributed by atoms with Crippen LogP contribution in [0.1, 0.15) is 17.9 Å². The Kier molecular flexibility index (Phi) is 4.58. The molecule has 0 aliphatic rings. The standard InChI is InChI=1S/C11H14ClNO3/c1-16-11(15)4-7(6-13)9-3-2-8(12)5-10(9)14/h2-3,5,7,14H,4,6,13H2,1H3. The van der Waals surface area contributed by atoms with Gasteiger partial charge in [-0.15, -0.1) is 0 Å². The molecule has 0 spiro atoms. The minimum atomic E-state index is -0.357. The van der Waals surface area contributed by atoms with Crippen LogP contribution in [-0.2, 0) is 9.53 Å². The molecule has 1 unspecified atom stereocenters. The molecule has 1 atom stereocenters. The van der Waals surface area contributed by atoms with Gasteiger partial charge in [0.1, 0.15) is 5.75 Å². The van der Waals surface area contributed by atoms with Crippen molar-refractivity contribution >= 4 is 17.6 Å². The van der Waals surface area contributed by atoms with Crippen molar-refractivity contribution < 1.29 is 14.6 Å². The van der Waals surface area contributed by atoms with Gasteiger partial charge in [-0.1, -0.05) is 17.7 Å². The summed E-state index contributed by atoms with van der Waals surface area (Å²) in [5.41, 5.74) is 6.17. The van der Waals surface area contributed by atoms with E-state index in [1.807, 2.05) is 0 Å². The zero-order chi connectivity index (χ0) is 12.1. The summed E-state index contributed by atoms with van der Waals surface area (Å²) in [6.07, 6.45) is 0.141. The van der Waals surface area contributed by atoms with Gasteiger partial charge in [-0.2, -0.15) is 0 Å². The summed E-state index contributed by atoms with van der Waals surface area (Å²) in [6, 6.07) is 4.74. The lowest BCUT2D eigenvalue weighted by molar-refractivity contribution is -0.141. The Hall–Kier alpha value is -1.26. The molecule has 3 N–H and O–H groups in total. The Morgan fingerprint density at radius 1 is 1.62 bits per heavy atom. The predicted octanol–water partition coefficient (Wildman–Crippen LogP) is 1.65. The van der Waals surface area contributed by atoms with Crippen LogP contribution in [0, 0.1) is 0 Å². The zero-order valence-electron chi connectivity index (χ0n) is 8.94. The van der Waals surface area contributed by atoms with Gasteiger partial charge in [0.25, 0.3) is 0 Å². The smallest absolute Gasteiger partial charge is 0.306 e. The van der Waals surface area contributed by atoms with Crippen LogP contribution in [0.25, 0.3) is 0 Å². The van der Waals surface area contributed by atoms with Crippen molar-refractivity contribution in [2.75, 3.05) is 13.7 Å². The maximum absolute atomic E-state index is 11.1. The minimum Gasteiger partial charge on any atom is -0.508 e. The Balaban J connectivity index is 2.90. The number of nitrogens with two attached hydrogens (primary N) is 1. The molecule has 0 aromatic heterocycles. The highest BCUT2D eigenvalue weighted by Crippen LogP contribution is 2.30. The number of aromatic hydroxyl groups is 1. The fraction of sp³-hybridized carbons (Fsp3) is 0.364. The maximum Gasteiger partial charge on any atom is 0.306 e. The lowest BCUT2D eigenvalue weighted by atomic mass is 9.95. The van der Waals surface area contributed by atoms with Crippen LogP contribution in [0.5, 0.6) is 5.75 Å². The van der Waals surface area contributed by atoms with E-state index in [1.165, 1.54) is 13.2 Å². The fourth-order valence-electron chi connectivity index (χ4n) is 1.47. The molecule has 1 aromatic carbocycles. The third-order valence-electron chi connectivity index (χ3n) is 2.36. The molecule has 0 aliphatic carbocycles. The second-order valence-corrected chi connectivity index (χ2v) is 3.85. The van der Waals surface area contributed by atoms with Crippen molar-refractivity contribution in [3.8, 4) is 5.75 Å². The van der Waals surface area contributed by atoms with E-state index < -0.39 is 0 Å². The number of carbonyl (C=O) groups excluding carboxylic acids is 1. The molecule has 0 radical (unpaired) electrons. The van der Waals surface area contributed by atoms with E-state index in [-0.39, 0.29) is 30.6 Å². The fourth-order valence-corrected chi connectivity index (χ4v) is 1.63. The van der Waals surface area contributed by atoms with Gasteiger partial charge in [-0.05, 0) is 24.2 Å². The number of carbonyl (C=O) groups is 1. The maximum atomic E-state index is 11.1. The average molecular weight is 244 g/mol. The molecule has 0 saturated carbocycles. The average Bonchev–Trinajstić information content (AvgIpc) is 2.26. The second kappa shape index (κ2) is 5.72. The van der Waals surface area contributed by atoms with E-state index in [9.17, 15) is 9.90 Å². The highest BCUT2D eigenvalue weighted by molar-refractivity contribution is 6.30. The zero-order valence-corrected chi connectivity index (χ0v) is 9.70. The van der Waals surface area contributed by atoms with Gasteiger partial charge < -0.3 is 15.6 Å². The Bertz CT molecular complexity index is 381. The van der Waals surface area contributed by atoms with Crippen molar-refractivity contribution in [2.24, 2.45) is 5.73 Å². The Labute approximate surface area is 99.0 Å². The minimum absolute atomic E-state index is 0.0480. The van der Waals surface area contributed by atoms with Gasteiger partial charge in [0.2, 0.25) is 0 Å². The highest BCUT2D eigenvalue weighted by Gasteiger charge is 2.18. The second-order valence-electron chi connectivity index (χ2n) is 3.42. The molecule has 1 rings (SSSR count). The summed E-state index contributed by atoms with van der Waals surface area (Å²) < 4.78 is 4.57. The van der Waals surface area contributed by atoms with E-state index in [4.69, 9.17) is 17.3 Å². The summed E-state index contributed by atoms with van der Waals surface area (Å²) in [5, 5.41) is 10.1. The lowest BCUT2D eigenvalue weighted by Gasteiger charge is -2.15. The largest absolute Gasteiger partial charge is 0.508 e. The summed E-state index contributed by atoms with van der Waals surface area (Å²) >= 11 is 5.71. The van der Waals surface area contributed by atoms with Gasteiger partial charge in [0.15, 0.2) is 0 Å². The molecule has 16 heavy (non-hydrogen) atoms. The van der Waals surface area contributed by atoms with E-state index in [0.29, 0.717) is 10.6 Å².